The van der Waals surface area contributed by atoms with Gasteiger partial charge < -0.3 is 5.11 Å². The first kappa shape index (κ1) is 13.1. The summed E-state index contributed by atoms with van der Waals surface area (Å²) in [4.78, 5) is 3.93. The summed E-state index contributed by atoms with van der Waals surface area (Å²) in [5, 5.41) is 15.0. The summed E-state index contributed by atoms with van der Waals surface area (Å²) in [6.45, 7) is 2.89. The van der Waals surface area contributed by atoms with E-state index in [9.17, 15) is 5.11 Å². The molecule has 0 aromatic carbocycles. The minimum absolute atomic E-state index is 0.469. The van der Waals surface area contributed by atoms with E-state index in [1.165, 1.54) is 0 Å². The van der Waals surface area contributed by atoms with Gasteiger partial charge in [-0.05, 0) is 24.1 Å². The van der Waals surface area contributed by atoms with Crippen LogP contribution in [0, 0.1) is 0 Å². The lowest BCUT2D eigenvalue weighted by Gasteiger charge is -2.13. The van der Waals surface area contributed by atoms with Crippen molar-refractivity contribution in [1.29, 1.82) is 0 Å². The Hall–Kier alpha value is -1.39. The number of halogens is 1. The van der Waals surface area contributed by atoms with Crippen molar-refractivity contribution in [2.45, 2.75) is 32.4 Å². The second-order valence-electron chi connectivity index (χ2n) is 4.17. The van der Waals surface area contributed by atoms with Crippen LogP contribution in [0.4, 0.5) is 0 Å². The molecule has 2 heterocycles. The predicted molar refractivity (Wildman–Crippen MR) is 70.4 cm³/mol. The number of aryl methyl sites for hydroxylation is 1. The number of aliphatic hydroxyl groups excluding tert-OH is 1. The van der Waals surface area contributed by atoms with Gasteiger partial charge in [-0.1, -0.05) is 18.5 Å². The zero-order chi connectivity index (χ0) is 13.0. The fourth-order valence-electron chi connectivity index (χ4n) is 1.91. The number of aromatic nitrogens is 3. The van der Waals surface area contributed by atoms with Crippen LogP contribution in [0.25, 0.3) is 0 Å². The largest absolute Gasteiger partial charge is 0.386 e. The zero-order valence-electron chi connectivity index (χ0n) is 10.3. The molecule has 0 aliphatic rings. The van der Waals surface area contributed by atoms with Crippen molar-refractivity contribution in [2.24, 2.45) is 0 Å². The van der Waals surface area contributed by atoms with Gasteiger partial charge in [0.05, 0.1) is 16.8 Å². The van der Waals surface area contributed by atoms with Crippen LogP contribution >= 0.6 is 11.6 Å². The molecule has 2 rings (SSSR count). The van der Waals surface area contributed by atoms with Crippen LogP contribution < -0.4 is 0 Å². The van der Waals surface area contributed by atoms with Crippen molar-refractivity contribution in [3.8, 4) is 0 Å². The Kier molecular flexibility index (Phi) is 4.33. The maximum Gasteiger partial charge on any atom is 0.0997 e. The van der Waals surface area contributed by atoms with E-state index in [1.807, 2.05) is 16.8 Å². The molecular weight excluding hydrogens is 250 g/mol. The highest BCUT2D eigenvalue weighted by molar-refractivity contribution is 6.31. The van der Waals surface area contributed by atoms with Crippen molar-refractivity contribution in [1.82, 2.24) is 14.8 Å². The van der Waals surface area contributed by atoms with Gasteiger partial charge in [-0.2, -0.15) is 5.10 Å². The Balaban J connectivity index is 2.14. The summed E-state index contributed by atoms with van der Waals surface area (Å²) in [7, 11) is 0. The van der Waals surface area contributed by atoms with Crippen LogP contribution in [0.15, 0.2) is 30.7 Å². The van der Waals surface area contributed by atoms with Gasteiger partial charge in [-0.3, -0.25) is 9.67 Å². The third-order valence-corrected chi connectivity index (χ3v) is 3.14. The number of pyridine rings is 1. The predicted octanol–water partition coefficient (Wildman–Crippen LogP) is 2.62. The lowest BCUT2D eigenvalue weighted by atomic mass is 10.1. The van der Waals surface area contributed by atoms with Crippen molar-refractivity contribution in [3.05, 3.63) is 47.0 Å². The maximum absolute atomic E-state index is 10.3. The molecular formula is C13H16ClN3O. The highest BCUT2D eigenvalue weighted by atomic mass is 35.5. The fraction of sp³-hybridized carbons (Fsp3) is 0.385. The fourth-order valence-corrected chi connectivity index (χ4v) is 2.10. The standard InChI is InChI=1S/C13H16ClN3O/c1-2-7-17-12(4-6-16-17)13(18)8-10-3-5-15-9-11(10)14/h3-6,9,13,18H,2,7-8H2,1H3. The smallest absolute Gasteiger partial charge is 0.0997 e. The first-order valence-electron chi connectivity index (χ1n) is 6.00. The Bertz CT molecular complexity index is 512. The number of nitrogens with zero attached hydrogens (tertiary/aromatic N) is 3. The van der Waals surface area contributed by atoms with Gasteiger partial charge in [0.25, 0.3) is 0 Å². The van der Waals surface area contributed by atoms with Crippen LogP contribution in [-0.4, -0.2) is 19.9 Å². The molecule has 4 nitrogen and oxygen atoms in total. The summed E-state index contributed by atoms with van der Waals surface area (Å²) < 4.78 is 1.83. The van der Waals surface area contributed by atoms with Gasteiger partial charge in [0, 0.05) is 31.6 Å². The van der Waals surface area contributed by atoms with Crippen molar-refractivity contribution >= 4 is 11.6 Å². The van der Waals surface area contributed by atoms with Crippen LogP contribution in [0.1, 0.15) is 30.7 Å². The van der Waals surface area contributed by atoms with Crippen LogP contribution in [0.3, 0.4) is 0 Å². The third-order valence-electron chi connectivity index (χ3n) is 2.80. The molecule has 2 aromatic rings. The van der Waals surface area contributed by atoms with Crippen molar-refractivity contribution < 1.29 is 5.11 Å². The van der Waals surface area contributed by atoms with Gasteiger partial charge >= 0.3 is 0 Å². The average molecular weight is 266 g/mol. The van der Waals surface area contributed by atoms with Crippen molar-refractivity contribution in [3.63, 3.8) is 0 Å². The molecule has 2 aromatic heterocycles. The summed E-state index contributed by atoms with van der Waals surface area (Å²) in [5.74, 6) is 0. The molecule has 1 atom stereocenters. The van der Waals surface area contributed by atoms with Crippen molar-refractivity contribution in [2.75, 3.05) is 0 Å². The highest BCUT2D eigenvalue weighted by Crippen LogP contribution is 2.22. The van der Waals surface area contributed by atoms with Crippen LogP contribution in [0.5, 0.6) is 0 Å². The first-order valence-corrected chi connectivity index (χ1v) is 6.38. The summed E-state index contributed by atoms with van der Waals surface area (Å²) in [5.41, 5.74) is 1.72. The topological polar surface area (TPSA) is 50.9 Å². The molecule has 1 N–H and O–H groups in total. The van der Waals surface area contributed by atoms with Crippen LogP contribution in [-0.2, 0) is 13.0 Å². The first-order chi connectivity index (χ1) is 8.72. The number of hydrogen-bond donors (Lipinski definition) is 1. The quantitative estimate of drug-likeness (QED) is 0.904. The molecule has 5 heteroatoms. The molecule has 0 radical (unpaired) electrons. The molecule has 0 saturated heterocycles. The molecule has 1 unspecified atom stereocenters. The number of rotatable bonds is 5. The molecule has 18 heavy (non-hydrogen) atoms. The maximum atomic E-state index is 10.3. The molecule has 0 aliphatic carbocycles. The lowest BCUT2D eigenvalue weighted by molar-refractivity contribution is 0.166. The molecule has 0 bridgehead atoms. The van der Waals surface area contributed by atoms with E-state index in [2.05, 4.69) is 17.0 Å². The van der Waals surface area contributed by atoms with Gasteiger partial charge in [0.15, 0.2) is 0 Å². The van der Waals surface area contributed by atoms with E-state index < -0.39 is 6.10 Å². The summed E-state index contributed by atoms with van der Waals surface area (Å²) >= 11 is 6.03. The highest BCUT2D eigenvalue weighted by Gasteiger charge is 2.14. The van der Waals surface area contributed by atoms with E-state index >= 15 is 0 Å². The van der Waals surface area contributed by atoms with E-state index in [0.29, 0.717) is 11.4 Å². The number of aliphatic hydroxyl groups is 1. The molecule has 0 fully saturated rings. The monoisotopic (exact) mass is 265 g/mol. The summed E-state index contributed by atoms with van der Waals surface area (Å²) in [6.07, 6.45) is 5.83. The Labute approximate surface area is 111 Å². The molecule has 0 spiro atoms. The molecule has 0 saturated carbocycles. The Morgan fingerprint density at radius 3 is 2.94 bits per heavy atom. The Morgan fingerprint density at radius 1 is 1.39 bits per heavy atom. The normalized spacial score (nSPS) is 12.6. The summed E-state index contributed by atoms with van der Waals surface area (Å²) in [6, 6.07) is 3.67. The lowest BCUT2D eigenvalue weighted by Crippen LogP contribution is -2.11. The van der Waals surface area contributed by atoms with E-state index in [4.69, 9.17) is 11.6 Å². The average Bonchev–Trinajstić information content (AvgIpc) is 2.81. The SMILES string of the molecule is CCCn1nccc1C(O)Cc1ccncc1Cl. The van der Waals surface area contributed by atoms with Crippen LogP contribution in [0.2, 0.25) is 5.02 Å². The Morgan fingerprint density at radius 2 is 2.22 bits per heavy atom. The van der Waals surface area contributed by atoms with Gasteiger partial charge in [0.2, 0.25) is 0 Å². The number of hydrogen-bond acceptors (Lipinski definition) is 3. The van der Waals surface area contributed by atoms with E-state index in [-0.39, 0.29) is 0 Å². The zero-order valence-corrected chi connectivity index (χ0v) is 11.0. The second-order valence-corrected chi connectivity index (χ2v) is 4.57. The van der Waals surface area contributed by atoms with Gasteiger partial charge in [-0.25, -0.2) is 0 Å². The van der Waals surface area contributed by atoms with Gasteiger partial charge in [-0.15, -0.1) is 0 Å². The molecule has 96 valence electrons. The molecule has 0 amide bonds. The minimum Gasteiger partial charge on any atom is -0.386 e. The van der Waals surface area contributed by atoms with E-state index in [0.717, 1.165) is 24.2 Å². The van der Waals surface area contributed by atoms with E-state index in [1.54, 1.807) is 18.6 Å². The molecule has 0 aliphatic heterocycles. The minimum atomic E-state index is -0.598. The van der Waals surface area contributed by atoms with Gasteiger partial charge in [0.1, 0.15) is 0 Å². The second kappa shape index (κ2) is 5.98. The third kappa shape index (κ3) is 2.89.